The van der Waals surface area contributed by atoms with Gasteiger partial charge in [-0.25, -0.2) is 0 Å². The zero-order valence-electron chi connectivity index (χ0n) is 12.6. The molecule has 1 aliphatic rings. The maximum absolute atomic E-state index is 6.33. The highest BCUT2D eigenvalue weighted by Crippen LogP contribution is 2.31. The molecule has 3 atom stereocenters. The van der Waals surface area contributed by atoms with E-state index in [2.05, 4.69) is 52.0 Å². The molecule has 0 radical (unpaired) electrons. The SMILES string of the molecule is CCC(C)(C)c1ccc(C(N)C2CCC(C)O2)cc1. The lowest BCUT2D eigenvalue weighted by molar-refractivity contribution is 0.0401. The normalized spacial score (nSPS) is 25.5. The molecule has 1 fully saturated rings. The summed E-state index contributed by atoms with van der Waals surface area (Å²) in [4.78, 5) is 0. The van der Waals surface area contributed by atoms with Crippen LogP contribution in [0.15, 0.2) is 24.3 Å². The molecule has 2 N–H and O–H groups in total. The maximum atomic E-state index is 6.33. The quantitative estimate of drug-likeness (QED) is 0.891. The molecule has 0 bridgehead atoms. The molecule has 19 heavy (non-hydrogen) atoms. The smallest absolute Gasteiger partial charge is 0.0772 e. The average molecular weight is 261 g/mol. The van der Waals surface area contributed by atoms with Gasteiger partial charge in [-0.15, -0.1) is 0 Å². The Labute approximate surface area is 117 Å². The first-order valence-corrected chi connectivity index (χ1v) is 7.45. The van der Waals surface area contributed by atoms with Gasteiger partial charge < -0.3 is 10.5 Å². The highest BCUT2D eigenvalue weighted by molar-refractivity contribution is 5.30. The fourth-order valence-electron chi connectivity index (χ4n) is 2.67. The molecule has 0 saturated carbocycles. The van der Waals surface area contributed by atoms with Gasteiger partial charge in [-0.05, 0) is 42.7 Å². The van der Waals surface area contributed by atoms with Crippen molar-refractivity contribution < 1.29 is 4.74 Å². The topological polar surface area (TPSA) is 35.2 Å². The summed E-state index contributed by atoms with van der Waals surface area (Å²) in [5, 5.41) is 0. The average Bonchev–Trinajstić information content (AvgIpc) is 2.85. The second-order valence-corrected chi connectivity index (χ2v) is 6.45. The molecule has 1 aromatic carbocycles. The van der Waals surface area contributed by atoms with Crippen molar-refractivity contribution in [2.45, 2.75) is 70.6 Å². The van der Waals surface area contributed by atoms with E-state index >= 15 is 0 Å². The van der Waals surface area contributed by atoms with Crippen molar-refractivity contribution in [3.8, 4) is 0 Å². The first-order valence-electron chi connectivity index (χ1n) is 7.45. The third-order valence-electron chi connectivity index (χ3n) is 4.63. The summed E-state index contributed by atoms with van der Waals surface area (Å²) < 4.78 is 5.87. The van der Waals surface area contributed by atoms with E-state index in [9.17, 15) is 0 Å². The molecule has 2 nitrogen and oxygen atoms in total. The third kappa shape index (κ3) is 3.18. The summed E-state index contributed by atoms with van der Waals surface area (Å²) in [6.07, 6.45) is 3.88. The zero-order chi connectivity index (χ0) is 14.0. The lowest BCUT2D eigenvalue weighted by atomic mass is 9.81. The minimum Gasteiger partial charge on any atom is -0.373 e. The molecule has 1 saturated heterocycles. The predicted molar refractivity (Wildman–Crippen MR) is 80.3 cm³/mol. The van der Waals surface area contributed by atoms with Crippen LogP contribution < -0.4 is 5.73 Å². The van der Waals surface area contributed by atoms with Crippen LogP contribution in [0.5, 0.6) is 0 Å². The second-order valence-electron chi connectivity index (χ2n) is 6.45. The fraction of sp³-hybridized carbons (Fsp3) is 0.647. The standard InChI is InChI=1S/C17H27NO/c1-5-17(3,4)14-9-7-13(8-10-14)16(18)15-11-6-12(2)19-15/h7-10,12,15-16H,5-6,11,18H2,1-4H3. The highest BCUT2D eigenvalue weighted by Gasteiger charge is 2.28. The number of rotatable bonds is 4. The number of hydrogen-bond donors (Lipinski definition) is 1. The van der Waals surface area contributed by atoms with E-state index in [0.29, 0.717) is 6.10 Å². The van der Waals surface area contributed by atoms with Crippen molar-refractivity contribution in [1.82, 2.24) is 0 Å². The van der Waals surface area contributed by atoms with E-state index in [1.54, 1.807) is 0 Å². The van der Waals surface area contributed by atoms with E-state index in [1.165, 1.54) is 11.1 Å². The molecule has 3 unspecified atom stereocenters. The summed E-state index contributed by atoms with van der Waals surface area (Å²) in [6, 6.07) is 8.78. The van der Waals surface area contributed by atoms with Crippen molar-refractivity contribution in [2.75, 3.05) is 0 Å². The van der Waals surface area contributed by atoms with Crippen molar-refractivity contribution in [1.29, 1.82) is 0 Å². The first kappa shape index (κ1) is 14.5. The Kier molecular flexibility index (Phi) is 4.32. The van der Waals surface area contributed by atoms with Crippen LogP contribution in [0.2, 0.25) is 0 Å². The van der Waals surface area contributed by atoms with Crippen molar-refractivity contribution in [3.05, 3.63) is 35.4 Å². The highest BCUT2D eigenvalue weighted by atomic mass is 16.5. The molecule has 1 aliphatic heterocycles. The van der Waals surface area contributed by atoms with E-state index < -0.39 is 0 Å². The molecule has 0 amide bonds. The summed E-state index contributed by atoms with van der Waals surface area (Å²) >= 11 is 0. The van der Waals surface area contributed by atoms with Gasteiger partial charge in [0, 0.05) is 0 Å². The Bertz CT molecular complexity index is 410. The lowest BCUT2D eigenvalue weighted by Gasteiger charge is -2.25. The molecule has 0 aromatic heterocycles. The van der Waals surface area contributed by atoms with Crippen molar-refractivity contribution >= 4 is 0 Å². The van der Waals surface area contributed by atoms with Crippen molar-refractivity contribution in [3.63, 3.8) is 0 Å². The van der Waals surface area contributed by atoms with Crippen LogP contribution in [0.3, 0.4) is 0 Å². The molecular formula is C17H27NO. The van der Waals surface area contributed by atoms with Gasteiger partial charge in [-0.2, -0.15) is 0 Å². The van der Waals surface area contributed by atoms with Crippen LogP contribution in [0.4, 0.5) is 0 Å². The fourth-order valence-corrected chi connectivity index (χ4v) is 2.67. The molecule has 2 rings (SSSR count). The lowest BCUT2D eigenvalue weighted by Crippen LogP contribution is -2.26. The predicted octanol–water partition coefficient (Wildman–Crippen LogP) is 3.94. The Morgan fingerprint density at radius 2 is 1.89 bits per heavy atom. The Hall–Kier alpha value is -0.860. The van der Waals surface area contributed by atoms with Crippen LogP contribution in [0.1, 0.15) is 64.1 Å². The summed E-state index contributed by atoms with van der Waals surface area (Å²) in [5.74, 6) is 0. The Morgan fingerprint density at radius 3 is 2.37 bits per heavy atom. The van der Waals surface area contributed by atoms with Crippen molar-refractivity contribution in [2.24, 2.45) is 5.73 Å². The summed E-state index contributed by atoms with van der Waals surface area (Å²) in [5.41, 5.74) is 9.14. The molecule has 1 aromatic rings. The van der Waals surface area contributed by atoms with E-state index in [-0.39, 0.29) is 17.6 Å². The largest absolute Gasteiger partial charge is 0.373 e. The number of hydrogen-bond acceptors (Lipinski definition) is 2. The Balaban J connectivity index is 2.10. The second kappa shape index (κ2) is 5.64. The Morgan fingerprint density at radius 1 is 1.26 bits per heavy atom. The van der Waals surface area contributed by atoms with Gasteiger partial charge >= 0.3 is 0 Å². The maximum Gasteiger partial charge on any atom is 0.0772 e. The summed E-state index contributed by atoms with van der Waals surface area (Å²) in [7, 11) is 0. The van der Waals surface area contributed by atoms with E-state index in [4.69, 9.17) is 10.5 Å². The molecule has 1 heterocycles. The van der Waals surface area contributed by atoms with Gasteiger partial charge in [0.05, 0.1) is 18.2 Å². The molecule has 0 spiro atoms. The first-order chi connectivity index (χ1) is 8.94. The van der Waals surface area contributed by atoms with Crippen LogP contribution in [0.25, 0.3) is 0 Å². The number of nitrogens with two attached hydrogens (primary N) is 1. The van der Waals surface area contributed by atoms with Crippen LogP contribution in [-0.2, 0) is 10.2 Å². The number of ether oxygens (including phenoxy) is 1. The molecule has 0 aliphatic carbocycles. The van der Waals surface area contributed by atoms with E-state index in [0.717, 1.165) is 19.3 Å². The van der Waals surface area contributed by atoms with Crippen LogP contribution in [0, 0.1) is 0 Å². The molecular weight excluding hydrogens is 234 g/mol. The van der Waals surface area contributed by atoms with Crippen LogP contribution >= 0.6 is 0 Å². The zero-order valence-corrected chi connectivity index (χ0v) is 12.6. The third-order valence-corrected chi connectivity index (χ3v) is 4.63. The van der Waals surface area contributed by atoms with E-state index in [1.807, 2.05) is 0 Å². The number of benzene rings is 1. The van der Waals surface area contributed by atoms with Gasteiger partial charge in [-0.1, -0.05) is 45.0 Å². The monoisotopic (exact) mass is 261 g/mol. The van der Waals surface area contributed by atoms with Gasteiger partial charge in [0.1, 0.15) is 0 Å². The summed E-state index contributed by atoms with van der Waals surface area (Å²) in [6.45, 7) is 8.92. The van der Waals surface area contributed by atoms with Gasteiger partial charge in [0.15, 0.2) is 0 Å². The van der Waals surface area contributed by atoms with Gasteiger partial charge in [-0.3, -0.25) is 0 Å². The minimum atomic E-state index is 0.00346. The molecule has 2 heteroatoms. The van der Waals surface area contributed by atoms with Crippen LogP contribution in [-0.4, -0.2) is 12.2 Å². The van der Waals surface area contributed by atoms with Gasteiger partial charge in [0.25, 0.3) is 0 Å². The minimum absolute atomic E-state index is 0.00346. The molecule has 106 valence electrons. The van der Waals surface area contributed by atoms with Gasteiger partial charge in [0.2, 0.25) is 0 Å².